The summed E-state index contributed by atoms with van der Waals surface area (Å²) in [5, 5.41) is 6.19. The summed E-state index contributed by atoms with van der Waals surface area (Å²) in [6.45, 7) is 1.81. The van der Waals surface area contributed by atoms with E-state index in [0.29, 0.717) is 12.1 Å². The molecule has 1 unspecified atom stereocenters. The van der Waals surface area contributed by atoms with Crippen LogP contribution in [0.4, 0.5) is 11.8 Å². The first-order chi connectivity index (χ1) is 7.88. The Morgan fingerprint density at radius 3 is 3.25 bits per heavy atom. The molecule has 0 spiro atoms. The Morgan fingerprint density at radius 2 is 2.50 bits per heavy atom. The maximum absolute atomic E-state index is 5.55. The van der Waals surface area contributed by atoms with Crippen LogP contribution in [0, 0.1) is 0 Å². The van der Waals surface area contributed by atoms with Gasteiger partial charge in [0.1, 0.15) is 5.82 Å². The van der Waals surface area contributed by atoms with Gasteiger partial charge in [0.25, 0.3) is 0 Å². The molecule has 0 aromatic carbocycles. The summed E-state index contributed by atoms with van der Waals surface area (Å²) in [6.07, 6.45) is 5.60. The van der Waals surface area contributed by atoms with Crippen LogP contribution in [0.2, 0.25) is 0 Å². The molecule has 5 nitrogen and oxygen atoms in total. The molecule has 1 aliphatic rings. The molecular weight excluding hydrogens is 204 g/mol. The summed E-state index contributed by atoms with van der Waals surface area (Å²) in [6, 6.07) is 1.87. The minimum absolute atomic E-state index is 0.429. The van der Waals surface area contributed by atoms with Crippen LogP contribution in [-0.2, 0) is 4.74 Å². The molecule has 1 aromatic heterocycles. The topological polar surface area (TPSA) is 59.1 Å². The van der Waals surface area contributed by atoms with Crippen molar-refractivity contribution in [3.8, 4) is 0 Å². The standard InChI is InChI=1S/C11H18N4O/c1-12-11-14-7-5-10(15-11)13-6-4-9-3-2-8-16-9/h5,7,9H,2-4,6,8H2,1H3,(H2,12,13,14,15). The van der Waals surface area contributed by atoms with Crippen molar-refractivity contribution in [1.29, 1.82) is 0 Å². The van der Waals surface area contributed by atoms with Crippen LogP contribution in [0.25, 0.3) is 0 Å². The molecule has 2 N–H and O–H groups in total. The van der Waals surface area contributed by atoms with Gasteiger partial charge in [0.05, 0.1) is 6.10 Å². The highest BCUT2D eigenvalue weighted by atomic mass is 16.5. The molecule has 16 heavy (non-hydrogen) atoms. The van der Waals surface area contributed by atoms with E-state index in [2.05, 4.69) is 20.6 Å². The summed E-state index contributed by atoms with van der Waals surface area (Å²) in [7, 11) is 1.81. The summed E-state index contributed by atoms with van der Waals surface area (Å²) in [4.78, 5) is 8.34. The molecule has 2 heterocycles. The summed E-state index contributed by atoms with van der Waals surface area (Å²) < 4.78 is 5.55. The molecule has 1 atom stereocenters. The lowest BCUT2D eigenvalue weighted by Crippen LogP contribution is -2.13. The molecule has 2 rings (SSSR count). The second-order valence-electron chi connectivity index (χ2n) is 3.87. The van der Waals surface area contributed by atoms with Crippen LogP contribution in [0.5, 0.6) is 0 Å². The van der Waals surface area contributed by atoms with Crippen molar-refractivity contribution in [3.05, 3.63) is 12.3 Å². The van der Waals surface area contributed by atoms with Crippen molar-refractivity contribution in [2.24, 2.45) is 0 Å². The molecule has 0 aliphatic carbocycles. The predicted molar refractivity (Wildman–Crippen MR) is 63.7 cm³/mol. The zero-order chi connectivity index (χ0) is 11.2. The lowest BCUT2D eigenvalue weighted by atomic mass is 10.2. The average Bonchev–Trinajstić information content (AvgIpc) is 2.82. The summed E-state index contributed by atoms with van der Waals surface area (Å²) >= 11 is 0. The lowest BCUT2D eigenvalue weighted by molar-refractivity contribution is 0.107. The van der Waals surface area contributed by atoms with E-state index in [-0.39, 0.29) is 0 Å². The number of ether oxygens (including phenoxy) is 1. The van der Waals surface area contributed by atoms with Crippen molar-refractivity contribution in [3.63, 3.8) is 0 Å². The third-order valence-electron chi connectivity index (χ3n) is 2.68. The average molecular weight is 222 g/mol. The molecule has 0 bridgehead atoms. The van der Waals surface area contributed by atoms with E-state index in [1.807, 2.05) is 13.1 Å². The van der Waals surface area contributed by atoms with Crippen molar-refractivity contribution in [2.45, 2.75) is 25.4 Å². The molecule has 0 amide bonds. The number of nitrogens with zero attached hydrogens (tertiary/aromatic N) is 2. The molecular formula is C11H18N4O. The molecule has 5 heteroatoms. The van der Waals surface area contributed by atoms with E-state index < -0.39 is 0 Å². The second kappa shape index (κ2) is 5.65. The van der Waals surface area contributed by atoms with Gasteiger partial charge in [-0.3, -0.25) is 0 Å². The quantitative estimate of drug-likeness (QED) is 0.790. The van der Waals surface area contributed by atoms with E-state index in [1.54, 1.807) is 6.20 Å². The highest BCUT2D eigenvalue weighted by Crippen LogP contribution is 2.15. The van der Waals surface area contributed by atoms with Gasteiger partial charge in [-0.25, -0.2) is 4.98 Å². The van der Waals surface area contributed by atoms with Gasteiger partial charge in [-0.15, -0.1) is 0 Å². The molecule has 0 radical (unpaired) electrons. The Labute approximate surface area is 95.6 Å². The maximum atomic E-state index is 5.55. The number of hydrogen-bond donors (Lipinski definition) is 2. The van der Waals surface area contributed by atoms with Gasteiger partial charge >= 0.3 is 0 Å². The second-order valence-corrected chi connectivity index (χ2v) is 3.87. The van der Waals surface area contributed by atoms with Crippen LogP contribution in [0.3, 0.4) is 0 Å². The number of aromatic nitrogens is 2. The van der Waals surface area contributed by atoms with Gasteiger partial charge in [0, 0.05) is 26.4 Å². The van der Waals surface area contributed by atoms with Crippen LogP contribution >= 0.6 is 0 Å². The monoisotopic (exact) mass is 222 g/mol. The molecule has 1 saturated heterocycles. The Balaban J connectivity index is 1.75. The van der Waals surface area contributed by atoms with E-state index >= 15 is 0 Å². The SMILES string of the molecule is CNc1nccc(NCCC2CCCO2)n1. The Bertz CT molecular complexity index is 326. The summed E-state index contributed by atoms with van der Waals surface area (Å²) in [5.74, 6) is 1.50. The fourth-order valence-electron chi connectivity index (χ4n) is 1.81. The van der Waals surface area contributed by atoms with Gasteiger partial charge < -0.3 is 15.4 Å². The first kappa shape index (κ1) is 11.1. The zero-order valence-corrected chi connectivity index (χ0v) is 9.57. The van der Waals surface area contributed by atoms with Crippen LogP contribution in [0.1, 0.15) is 19.3 Å². The minimum Gasteiger partial charge on any atom is -0.378 e. The van der Waals surface area contributed by atoms with Crippen LogP contribution < -0.4 is 10.6 Å². The predicted octanol–water partition coefficient (Wildman–Crippen LogP) is 1.50. The van der Waals surface area contributed by atoms with E-state index in [1.165, 1.54) is 12.8 Å². The van der Waals surface area contributed by atoms with E-state index in [4.69, 9.17) is 4.74 Å². The third-order valence-corrected chi connectivity index (χ3v) is 2.68. The molecule has 1 aliphatic heterocycles. The molecule has 1 aromatic rings. The van der Waals surface area contributed by atoms with E-state index in [9.17, 15) is 0 Å². The zero-order valence-electron chi connectivity index (χ0n) is 9.57. The fraction of sp³-hybridized carbons (Fsp3) is 0.636. The van der Waals surface area contributed by atoms with Gasteiger partial charge in [-0.1, -0.05) is 0 Å². The largest absolute Gasteiger partial charge is 0.378 e. The van der Waals surface area contributed by atoms with E-state index in [0.717, 1.165) is 25.4 Å². The first-order valence-electron chi connectivity index (χ1n) is 5.75. The Morgan fingerprint density at radius 1 is 1.56 bits per heavy atom. The van der Waals surface area contributed by atoms with Crippen molar-refractivity contribution < 1.29 is 4.74 Å². The number of hydrogen-bond acceptors (Lipinski definition) is 5. The van der Waals surface area contributed by atoms with Crippen molar-refractivity contribution in [2.75, 3.05) is 30.8 Å². The lowest BCUT2D eigenvalue weighted by Gasteiger charge is -2.10. The first-order valence-corrected chi connectivity index (χ1v) is 5.75. The Hall–Kier alpha value is -1.36. The molecule has 0 saturated carbocycles. The fourth-order valence-corrected chi connectivity index (χ4v) is 1.81. The number of nitrogens with one attached hydrogen (secondary N) is 2. The highest BCUT2D eigenvalue weighted by Gasteiger charge is 2.14. The van der Waals surface area contributed by atoms with Gasteiger partial charge in [-0.05, 0) is 25.3 Å². The maximum Gasteiger partial charge on any atom is 0.224 e. The normalized spacial score (nSPS) is 19.7. The summed E-state index contributed by atoms with van der Waals surface area (Å²) in [5.41, 5.74) is 0. The van der Waals surface area contributed by atoms with Crippen molar-refractivity contribution in [1.82, 2.24) is 9.97 Å². The number of anilines is 2. The smallest absolute Gasteiger partial charge is 0.224 e. The van der Waals surface area contributed by atoms with Gasteiger partial charge in [0.2, 0.25) is 5.95 Å². The molecule has 1 fully saturated rings. The van der Waals surface area contributed by atoms with Gasteiger partial charge in [-0.2, -0.15) is 4.98 Å². The number of rotatable bonds is 5. The van der Waals surface area contributed by atoms with Crippen molar-refractivity contribution >= 4 is 11.8 Å². The Kier molecular flexibility index (Phi) is 3.93. The van der Waals surface area contributed by atoms with Crippen LogP contribution in [-0.4, -0.2) is 36.3 Å². The highest BCUT2D eigenvalue weighted by molar-refractivity contribution is 5.38. The molecule has 88 valence electrons. The third kappa shape index (κ3) is 3.06. The van der Waals surface area contributed by atoms with Gasteiger partial charge in [0.15, 0.2) is 0 Å². The van der Waals surface area contributed by atoms with Crippen LogP contribution in [0.15, 0.2) is 12.3 Å². The minimum atomic E-state index is 0.429.